The van der Waals surface area contributed by atoms with E-state index in [9.17, 15) is 18.0 Å². The fraction of sp³-hybridized carbons (Fsp3) is 0.565. The maximum absolute atomic E-state index is 13.5. The van der Waals surface area contributed by atoms with Gasteiger partial charge in [0.25, 0.3) is 0 Å². The summed E-state index contributed by atoms with van der Waals surface area (Å²) in [4.78, 5) is 19.0. The van der Waals surface area contributed by atoms with Gasteiger partial charge >= 0.3 is 6.18 Å². The number of aromatic nitrogens is 1. The summed E-state index contributed by atoms with van der Waals surface area (Å²) >= 11 is 0. The summed E-state index contributed by atoms with van der Waals surface area (Å²) in [7, 11) is 0. The number of rotatable bonds is 4. The molecule has 2 unspecified atom stereocenters. The second kappa shape index (κ2) is 7.74. The molecule has 0 radical (unpaired) electrons. The molecule has 4 fully saturated rings. The predicted molar refractivity (Wildman–Crippen MR) is 111 cm³/mol. The first-order chi connectivity index (χ1) is 14.8. The van der Waals surface area contributed by atoms with Crippen LogP contribution in [0.4, 0.5) is 18.9 Å². The fourth-order valence-corrected chi connectivity index (χ4v) is 5.45. The molecular formula is C23H26F3N3O2. The number of benzene rings is 1. The van der Waals surface area contributed by atoms with E-state index in [0.29, 0.717) is 48.6 Å². The van der Waals surface area contributed by atoms with Crippen molar-refractivity contribution < 1.29 is 22.7 Å². The Kier molecular flexibility index (Phi) is 5.17. The summed E-state index contributed by atoms with van der Waals surface area (Å²) in [5.41, 5.74) is -0.152. The van der Waals surface area contributed by atoms with E-state index in [4.69, 9.17) is 4.74 Å². The smallest absolute Gasteiger partial charge is 0.365 e. The number of ketones is 1. The van der Waals surface area contributed by atoms with E-state index in [1.165, 1.54) is 18.7 Å². The Morgan fingerprint density at radius 2 is 1.94 bits per heavy atom. The highest BCUT2D eigenvalue weighted by molar-refractivity contribution is 5.94. The van der Waals surface area contributed by atoms with Crippen LogP contribution < -0.4 is 10.2 Å². The van der Waals surface area contributed by atoms with Crippen molar-refractivity contribution in [3.8, 4) is 0 Å². The maximum Gasteiger partial charge on any atom is 0.418 e. The number of nitrogens with zero attached hydrogens (tertiary/aromatic N) is 2. The van der Waals surface area contributed by atoms with Crippen LogP contribution >= 0.6 is 0 Å². The Balaban J connectivity index is 1.38. The Morgan fingerprint density at radius 1 is 1.19 bits per heavy atom. The minimum atomic E-state index is -4.47. The molecule has 4 atom stereocenters. The van der Waals surface area contributed by atoms with Gasteiger partial charge in [-0.15, -0.1) is 0 Å². The van der Waals surface area contributed by atoms with Gasteiger partial charge in [-0.25, -0.2) is 0 Å². The third-order valence-corrected chi connectivity index (χ3v) is 6.78. The zero-order valence-corrected chi connectivity index (χ0v) is 17.4. The average molecular weight is 433 g/mol. The van der Waals surface area contributed by atoms with E-state index in [-0.39, 0.29) is 17.4 Å². The molecule has 3 aliphatic heterocycles. The van der Waals surface area contributed by atoms with Gasteiger partial charge in [-0.1, -0.05) is 0 Å². The number of Topliss-reactive ketones (excluding diaryl/α,β-unsaturated/α-hetero) is 1. The second-order valence-electron chi connectivity index (χ2n) is 9.17. The van der Waals surface area contributed by atoms with Gasteiger partial charge in [0.15, 0.2) is 5.78 Å². The van der Waals surface area contributed by atoms with Crippen LogP contribution in [0.25, 0.3) is 10.9 Å². The van der Waals surface area contributed by atoms with Gasteiger partial charge in [0.1, 0.15) is 6.10 Å². The van der Waals surface area contributed by atoms with Gasteiger partial charge in [0.05, 0.1) is 23.7 Å². The molecule has 1 N–H and O–H groups in total. The lowest BCUT2D eigenvalue weighted by atomic mass is 9.74. The minimum absolute atomic E-state index is 0.0662. The van der Waals surface area contributed by atoms with Crippen LogP contribution in [0.5, 0.6) is 0 Å². The first kappa shape index (κ1) is 20.7. The number of piperidine rings is 1. The Hall–Kier alpha value is -2.19. The fourth-order valence-electron chi connectivity index (χ4n) is 5.45. The van der Waals surface area contributed by atoms with E-state index < -0.39 is 17.8 Å². The van der Waals surface area contributed by atoms with Crippen molar-refractivity contribution in [3.05, 3.63) is 36.0 Å². The third kappa shape index (κ3) is 4.03. The molecule has 1 aromatic heterocycles. The predicted octanol–water partition coefficient (Wildman–Crippen LogP) is 3.95. The van der Waals surface area contributed by atoms with Crippen molar-refractivity contribution in [2.24, 2.45) is 5.92 Å². The molecule has 1 aromatic carbocycles. The average Bonchev–Trinajstić information content (AvgIpc) is 2.71. The van der Waals surface area contributed by atoms with Crippen LogP contribution in [0.15, 0.2) is 30.5 Å². The van der Waals surface area contributed by atoms with Gasteiger partial charge in [-0.05, 0) is 56.4 Å². The molecular weight excluding hydrogens is 407 g/mol. The van der Waals surface area contributed by atoms with Crippen molar-refractivity contribution in [1.82, 2.24) is 10.3 Å². The third-order valence-electron chi connectivity index (χ3n) is 6.78. The van der Waals surface area contributed by atoms with E-state index in [2.05, 4.69) is 10.3 Å². The molecule has 0 amide bonds. The Labute approximate surface area is 179 Å². The molecule has 1 saturated carbocycles. The molecule has 5 nitrogen and oxygen atoms in total. The number of pyridine rings is 1. The van der Waals surface area contributed by atoms with Crippen LogP contribution in [0.2, 0.25) is 0 Å². The molecule has 31 heavy (non-hydrogen) atoms. The van der Waals surface area contributed by atoms with Gasteiger partial charge in [0, 0.05) is 42.3 Å². The quantitative estimate of drug-likeness (QED) is 0.792. The standard InChI is InChI=1S/C23H26F3N3O2/c1-13-11-29(12-21(31-13)20(30)9-14-7-15-10-16(8-14)28-15)19-5-4-18(23(24,25)26)22-17(19)3-2-6-27-22/h2-6,13-16,21,28H,7-12H2,1H3/t13-,14?,15?,16?,21-/m1/s1. The van der Waals surface area contributed by atoms with Crippen LogP contribution in [-0.4, -0.2) is 48.1 Å². The van der Waals surface area contributed by atoms with Crippen molar-refractivity contribution in [2.75, 3.05) is 18.0 Å². The number of carbonyl (C=O) groups is 1. The molecule has 8 heteroatoms. The molecule has 1 aliphatic carbocycles. The van der Waals surface area contributed by atoms with Crippen LogP contribution in [0.3, 0.4) is 0 Å². The summed E-state index contributed by atoms with van der Waals surface area (Å²) < 4.78 is 46.3. The second-order valence-corrected chi connectivity index (χ2v) is 9.17. The van der Waals surface area contributed by atoms with E-state index in [0.717, 1.165) is 18.9 Å². The van der Waals surface area contributed by atoms with Crippen LogP contribution in [0, 0.1) is 5.92 Å². The Morgan fingerprint density at radius 3 is 2.65 bits per heavy atom. The number of halogens is 3. The van der Waals surface area contributed by atoms with Crippen LogP contribution in [-0.2, 0) is 15.7 Å². The molecule has 166 valence electrons. The molecule has 2 aromatic rings. The zero-order chi connectivity index (χ0) is 21.8. The van der Waals surface area contributed by atoms with Crippen molar-refractivity contribution >= 4 is 22.4 Å². The van der Waals surface area contributed by atoms with E-state index in [1.807, 2.05) is 11.8 Å². The number of anilines is 1. The number of ether oxygens (including phenoxy) is 1. The molecule has 4 aliphatic rings. The summed E-state index contributed by atoms with van der Waals surface area (Å²) in [6, 6.07) is 6.97. The van der Waals surface area contributed by atoms with Gasteiger partial charge in [0.2, 0.25) is 0 Å². The normalized spacial score (nSPS) is 30.8. The number of fused-ring (bicyclic) bond motifs is 3. The summed E-state index contributed by atoms with van der Waals surface area (Å²) in [5, 5.41) is 3.93. The molecule has 2 bridgehead atoms. The number of hydrogen-bond donors (Lipinski definition) is 1. The lowest BCUT2D eigenvalue weighted by Gasteiger charge is -2.47. The molecule has 6 rings (SSSR count). The van der Waals surface area contributed by atoms with E-state index in [1.54, 1.807) is 12.1 Å². The number of morpholine rings is 1. The molecule has 3 saturated heterocycles. The summed E-state index contributed by atoms with van der Waals surface area (Å²) in [6.07, 6.45) is -0.0781. The lowest BCUT2D eigenvalue weighted by molar-refractivity contribution is -0.137. The number of hydrogen-bond acceptors (Lipinski definition) is 5. The van der Waals surface area contributed by atoms with Crippen molar-refractivity contribution in [2.45, 2.75) is 63.1 Å². The zero-order valence-electron chi connectivity index (χ0n) is 17.4. The maximum atomic E-state index is 13.5. The monoisotopic (exact) mass is 433 g/mol. The number of alkyl halides is 3. The Bertz CT molecular complexity index is 980. The van der Waals surface area contributed by atoms with Crippen molar-refractivity contribution in [3.63, 3.8) is 0 Å². The van der Waals surface area contributed by atoms with Gasteiger partial charge < -0.3 is 15.0 Å². The first-order valence-electron chi connectivity index (χ1n) is 10.9. The molecule has 4 heterocycles. The summed E-state index contributed by atoms with van der Waals surface area (Å²) in [5.74, 6) is 0.486. The van der Waals surface area contributed by atoms with Gasteiger partial charge in [-0.3, -0.25) is 9.78 Å². The highest BCUT2D eigenvalue weighted by Gasteiger charge is 2.40. The minimum Gasteiger partial charge on any atom is -0.365 e. The van der Waals surface area contributed by atoms with Gasteiger partial charge in [-0.2, -0.15) is 13.2 Å². The molecule has 0 spiro atoms. The number of nitrogens with one attached hydrogen (secondary N) is 1. The SMILES string of the molecule is C[C@@H]1CN(c2ccc(C(F)(F)F)c3ncccc23)C[C@H](C(=O)CC2CC3CC(C2)N3)O1. The highest BCUT2D eigenvalue weighted by Crippen LogP contribution is 2.39. The number of carbonyl (C=O) groups excluding carboxylic acids is 1. The lowest BCUT2D eigenvalue weighted by Crippen LogP contribution is -2.58. The highest BCUT2D eigenvalue weighted by atomic mass is 19.4. The summed E-state index contributed by atoms with van der Waals surface area (Å²) in [6.45, 7) is 2.75. The van der Waals surface area contributed by atoms with Crippen LogP contribution in [0.1, 0.15) is 38.2 Å². The largest absolute Gasteiger partial charge is 0.418 e. The van der Waals surface area contributed by atoms with Crippen molar-refractivity contribution in [1.29, 1.82) is 0 Å². The topological polar surface area (TPSA) is 54.5 Å². The van der Waals surface area contributed by atoms with E-state index >= 15 is 0 Å². The first-order valence-corrected chi connectivity index (χ1v) is 10.9.